The number of hydrogen-bond donors (Lipinski definition) is 0. The molecular weight excluding hydrogens is 544 g/mol. The van der Waals surface area contributed by atoms with Crippen molar-refractivity contribution in [3.8, 4) is 33.4 Å². The topological polar surface area (TPSA) is 25.8 Å². The maximum absolute atomic E-state index is 5.20. The molecule has 0 radical (unpaired) electrons. The van der Waals surface area contributed by atoms with Crippen LogP contribution in [0.25, 0.3) is 66.0 Å². The van der Waals surface area contributed by atoms with Gasteiger partial charge >= 0.3 is 0 Å². The Balaban J connectivity index is 1.29. The fraction of sp³-hybridized carbons (Fsp3) is 0.209. The normalized spacial score (nSPS) is 13.7. The van der Waals surface area contributed by atoms with Gasteiger partial charge in [-0.2, -0.15) is 0 Å². The number of nitrogens with zero attached hydrogens (tertiary/aromatic N) is 2. The molecule has 2 heteroatoms. The van der Waals surface area contributed by atoms with Gasteiger partial charge in [0.1, 0.15) is 0 Å². The second-order valence-electron chi connectivity index (χ2n) is 13.8. The predicted octanol–water partition coefficient (Wildman–Crippen LogP) is 11.8. The van der Waals surface area contributed by atoms with E-state index in [4.69, 9.17) is 9.97 Å². The summed E-state index contributed by atoms with van der Waals surface area (Å²) in [6.07, 6.45) is 0. The molecule has 0 spiro atoms. The summed E-state index contributed by atoms with van der Waals surface area (Å²) in [6.45, 7) is 13.6. The Hall–Kier alpha value is -4.82. The number of hydrogen-bond acceptors (Lipinski definition) is 2. The van der Waals surface area contributed by atoms with E-state index in [2.05, 4.69) is 151 Å². The molecule has 0 bridgehead atoms. The fourth-order valence-corrected chi connectivity index (χ4v) is 7.32. The van der Waals surface area contributed by atoms with Gasteiger partial charge in [0.05, 0.1) is 11.0 Å². The van der Waals surface area contributed by atoms with E-state index in [-0.39, 0.29) is 5.41 Å². The van der Waals surface area contributed by atoms with E-state index in [1.165, 1.54) is 55.3 Å². The van der Waals surface area contributed by atoms with E-state index in [1.54, 1.807) is 0 Å². The van der Waals surface area contributed by atoms with Crippen molar-refractivity contribution < 1.29 is 0 Å². The molecule has 0 N–H and O–H groups in total. The van der Waals surface area contributed by atoms with Crippen molar-refractivity contribution >= 4 is 32.6 Å². The van der Waals surface area contributed by atoms with Gasteiger partial charge in [-0.3, -0.25) is 9.97 Å². The molecule has 0 atom stereocenters. The Kier molecular flexibility index (Phi) is 6.22. The van der Waals surface area contributed by atoms with Crippen molar-refractivity contribution in [2.24, 2.45) is 0 Å². The minimum absolute atomic E-state index is 0.0708. The summed E-state index contributed by atoms with van der Waals surface area (Å²) in [5.41, 5.74) is 14.5. The molecule has 45 heavy (non-hydrogen) atoms. The predicted molar refractivity (Wildman–Crippen MR) is 191 cm³/mol. The molecule has 1 aliphatic rings. The first-order valence-electron chi connectivity index (χ1n) is 16.2. The van der Waals surface area contributed by atoms with Crippen molar-refractivity contribution in [3.05, 3.63) is 132 Å². The molecule has 2 nitrogen and oxygen atoms in total. The zero-order valence-corrected chi connectivity index (χ0v) is 26.9. The van der Waals surface area contributed by atoms with E-state index < -0.39 is 0 Å². The molecule has 220 valence electrons. The highest BCUT2D eigenvalue weighted by Gasteiger charge is 2.36. The van der Waals surface area contributed by atoms with Crippen LogP contribution in [-0.4, -0.2) is 9.97 Å². The lowest BCUT2D eigenvalue weighted by molar-refractivity contribution is 0.661. The second-order valence-corrected chi connectivity index (χ2v) is 13.8. The van der Waals surface area contributed by atoms with Crippen LogP contribution in [0.15, 0.2) is 109 Å². The number of benzene rings is 5. The summed E-state index contributed by atoms with van der Waals surface area (Å²) in [5.74, 6) is 0.662. The molecule has 0 saturated carbocycles. The van der Waals surface area contributed by atoms with Crippen LogP contribution < -0.4 is 0 Å². The maximum atomic E-state index is 5.20. The Labute approximate surface area is 265 Å². The standard InChI is InChI=1S/C43H38N2/c1-25(2)38-21-17-28-14-18-33-35(24-39(26(3)4)45-42(33)41(28)44-38)31-12-9-11-29(22-31)30-15-19-34-37(23-30)43(5,6)36-20-16-27-10-7-8-13-32(27)40(34)36/h7-26H,1-6H3. The van der Waals surface area contributed by atoms with Crippen LogP contribution in [-0.2, 0) is 5.41 Å². The van der Waals surface area contributed by atoms with Gasteiger partial charge in [-0.25, -0.2) is 0 Å². The lowest BCUT2D eigenvalue weighted by Gasteiger charge is -2.22. The zero-order valence-electron chi connectivity index (χ0n) is 26.9. The fourth-order valence-electron chi connectivity index (χ4n) is 7.32. The molecule has 0 saturated heterocycles. The Bertz CT molecular complexity index is 2300. The van der Waals surface area contributed by atoms with Gasteiger partial charge in [0.2, 0.25) is 0 Å². The molecule has 2 aromatic heterocycles. The van der Waals surface area contributed by atoms with E-state index >= 15 is 0 Å². The first-order valence-corrected chi connectivity index (χ1v) is 16.2. The molecule has 8 rings (SSSR count). The van der Waals surface area contributed by atoms with Crippen LogP contribution in [0.5, 0.6) is 0 Å². The van der Waals surface area contributed by atoms with Crippen LogP contribution in [0.2, 0.25) is 0 Å². The van der Waals surface area contributed by atoms with Crippen molar-refractivity contribution in [3.63, 3.8) is 0 Å². The second kappa shape index (κ2) is 10.1. The third-order valence-electron chi connectivity index (χ3n) is 9.93. The largest absolute Gasteiger partial charge is 0.250 e. The van der Waals surface area contributed by atoms with Gasteiger partial charge in [-0.15, -0.1) is 0 Å². The Morgan fingerprint density at radius 1 is 0.489 bits per heavy atom. The number of rotatable bonds is 4. The number of pyridine rings is 2. The average Bonchev–Trinajstić information content (AvgIpc) is 3.29. The maximum Gasteiger partial charge on any atom is 0.0974 e. The SMILES string of the molecule is CC(C)c1ccc2ccc3c(-c4cccc(-c5ccc6c(c5)C(C)(C)c5ccc7ccccc7c5-6)c4)cc(C(C)C)nc3c2n1. The lowest BCUT2D eigenvalue weighted by atomic mass is 9.81. The third kappa shape index (κ3) is 4.30. The third-order valence-corrected chi connectivity index (χ3v) is 9.93. The van der Waals surface area contributed by atoms with E-state index in [0.717, 1.165) is 33.2 Å². The van der Waals surface area contributed by atoms with E-state index in [0.29, 0.717) is 11.8 Å². The molecule has 5 aromatic carbocycles. The molecule has 2 heterocycles. The van der Waals surface area contributed by atoms with E-state index in [9.17, 15) is 0 Å². The lowest BCUT2D eigenvalue weighted by Crippen LogP contribution is -2.15. The first kappa shape index (κ1) is 27.7. The van der Waals surface area contributed by atoms with Gasteiger partial charge in [0, 0.05) is 27.6 Å². The summed E-state index contributed by atoms with van der Waals surface area (Å²) < 4.78 is 0. The molecule has 0 aliphatic heterocycles. The van der Waals surface area contributed by atoms with Crippen molar-refractivity contribution in [1.82, 2.24) is 9.97 Å². The summed E-state index contributed by atoms with van der Waals surface area (Å²) >= 11 is 0. The average molecular weight is 583 g/mol. The van der Waals surface area contributed by atoms with Crippen LogP contribution >= 0.6 is 0 Å². The first-order chi connectivity index (χ1) is 21.7. The highest BCUT2D eigenvalue weighted by Crippen LogP contribution is 2.52. The van der Waals surface area contributed by atoms with Gasteiger partial charge in [0.25, 0.3) is 0 Å². The van der Waals surface area contributed by atoms with Crippen LogP contribution in [0, 0.1) is 0 Å². The van der Waals surface area contributed by atoms with Crippen molar-refractivity contribution in [2.75, 3.05) is 0 Å². The smallest absolute Gasteiger partial charge is 0.0974 e. The van der Waals surface area contributed by atoms with Gasteiger partial charge in [0.15, 0.2) is 0 Å². The number of fused-ring (bicyclic) bond motifs is 8. The molecule has 7 aromatic rings. The quantitative estimate of drug-likeness (QED) is 0.193. The summed E-state index contributed by atoms with van der Waals surface area (Å²) in [5, 5.41) is 4.92. The van der Waals surface area contributed by atoms with Gasteiger partial charge in [-0.05, 0) is 91.4 Å². The summed E-state index contributed by atoms with van der Waals surface area (Å²) in [4.78, 5) is 10.3. The highest BCUT2D eigenvalue weighted by molar-refractivity contribution is 6.08. The summed E-state index contributed by atoms with van der Waals surface area (Å²) in [7, 11) is 0. The number of aromatic nitrogens is 2. The Morgan fingerprint density at radius 2 is 1.20 bits per heavy atom. The molecule has 1 aliphatic carbocycles. The van der Waals surface area contributed by atoms with Crippen LogP contribution in [0.1, 0.15) is 75.9 Å². The molecule has 0 fully saturated rings. The van der Waals surface area contributed by atoms with Crippen molar-refractivity contribution in [1.29, 1.82) is 0 Å². The molecular formula is C43H38N2. The molecule has 0 amide bonds. The van der Waals surface area contributed by atoms with Crippen LogP contribution in [0.4, 0.5) is 0 Å². The zero-order chi connectivity index (χ0) is 31.0. The highest BCUT2D eigenvalue weighted by atomic mass is 14.8. The minimum Gasteiger partial charge on any atom is -0.250 e. The van der Waals surface area contributed by atoms with Gasteiger partial charge < -0.3 is 0 Å². The van der Waals surface area contributed by atoms with Gasteiger partial charge in [-0.1, -0.05) is 126 Å². The van der Waals surface area contributed by atoms with Crippen LogP contribution in [0.3, 0.4) is 0 Å². The van der Waals surface area contributed by atoms with Crippen molar-refractivity contribution in [2.45, 2.75) is 58.8 Å². The monoisotopic (exact) mass is 582 g/mol. The minimum atomic E-state index is -0.0708. The van der Waals surface area contributed by atoms with E-state index in [1.807, 2.05) is 0 Å². The summed E-state index contributed by atoms with van der Waals surface area (Å²) in [6, 6.07) is 40.6. The molecule has 0 unspecified atom stereocenters. The Morgan fingerprint density at radius 3 is 2.02 bits per heavy atom.